The van der Waals surface area contributed by atoms with E-state index >= 15 is 0 Å². The van der Waals surface area contributed by atoms with Crippen LogP contribution in [0.25, 0.3) is 0 Å². The summed E-state index contributed by atoms with van der Waals surface area (Å²) in [6.45, 7) is 0.581. The molecule has 0 amide bonds. The summed E-state index contributed by atoms with van der Waals surface area (Å²) in [6.07, 6.45) is 1.39. The molecular weight excluding hydrogens is 194 g/mol. The van der Waals surface area contributed by atoms with E-state index in [-0.39, 0.29) is 18.2 Å². The van der Waals surface area contributed by atoms with Gasteiger partial charge in [0.2, 0.25) is 5.76 Å². The summed E-state index contributed by atoms with van der Waals surface area (Å²) < 4.78 is 4.80. The number of hydrogen-bond acceptors (Lipinski definition) is 3. The van der Waals surface area contributed by atoms with E-state index in [9.17, 15) is 4.79 Å². The van der Waals surface area contributed by atoms with E-state index in [1.165, 1.54) is 6.26 Å². The SMILES string of the molecule is CN(C)Cc1ccoc1C(=O)O.Cl. The first-order valence-corrected chi connectivity index (χ1v) is 3.55. The maximum Gasteiger partial charge on any atom is 0.372 e. The molecule has 0 fully saturated rings. The van der Waals surface area contributed by atoms with Gasteiger partial charge in [0.25, 0.3) is 0 Å². The molecule has 4 nitrogen and oxygen atoms in total. The molecule has 1 rings (SSSR count). The summed E-state index contributed by atoms with van der Waals surface area (Å²) in [6, 6.07) is 1.67. The highest BCUT2D eigenvalue weighted by atomic mass is 35.5. The zero-order chi connectivity index (χ0) is 9.14. The first-order chi connectivity index (χ1) is 5.61. The van der Waals surface area contributed by atoms with Gasteiger partial charge in [-0.1, -0.05) is 0 Å². The molecule has 74 valence electrons. The number of aromatic carboxylic acids is 1. The van der Waals surface area contributed by atoms with E-state index in [2.05, 4.69) is 0 Å². The number of halogens is 1. The van der Waals surface area contributed by atoms with Crippen molar-refractivity contribution < 1.29 is 14.3 Å². The van der Waals surface area contributed by atoms with Crippen LogP contribution in [0.2, 0.25) is 0 Å². The Morgan fingerprint density at radius 1 is 1.62 bits per heavy atom. The molecule has 0 saturated carbocycles. The number of rotatable bonds is 3. The molecule has 13 heavy (non-hydrogen) atoms. The molecule has 1 aromatic rings. The molecule has 5 heteroatoms. The van der Waals surface area contributed by atoms with Crippen molar-refractivity contribution in [3.8, 4) is 0 Å². The van der Waals surface area contributed by atoms with Crippen LogP contribution in [0.1, 0.15) is 16.1 Å². The molecule has 0 bridgehead atoms. The number of carbonyl (C=O) groups is 1. The van der Waals surface area contributed by atoms with E-state index in [0.29, 0.717) is 12.1 Å². The third-order valence-corrected chi connectivity index (χ3v) is 1.43. The molecule has 1 heterocycles. The second-order valence-corrected chi connectivity index (χ2v) is 2.82. The Kier molecular flexibility index (Phi) is 4.51. The van der Waals surface area contributed by atoms with Crippen molar-refractivity contribution in [3.63, 3.8) is 0 Å². The van der Waals surface area contributed by atoms with Gasteiger partial charge in [-0.05, 0) is 20.2 Å². The van der Waals surface area contributed by atoms with Crippen LogP contribution in [-0.4, -0.2) is 30.1 Å². The van der Waals surface area contributed by atoms with Gasteiger partial charge in [0, 0.05) is 12.1 Å². The van der Waals surface area contributed by atoms with Gasteiger partial charge in [0.15, 0.2) is 0 Å². The van der Waals surface area contributed by atoms with Crippen LogP contribution >= 0.6 is 12.4 Å². The van der Waals surface area contributed by atoms with Crippen molar-refractivity contribution in [3.05, 3.63) is 23.7 Å². The Bertz CT molecular complexity index is 283. The highest BCUT2D eigenvalue weighted by Crippen LogP contribution is 2.11. The quantitative estimate of drug-likeness (QED) is 0.812. The summed E-state index contributed by atoms with van der Waals surface area (Å²) in [4.78, 5) is 12.4. The summed E-state index contributed by atoms with van der Waals surface area (Å²) in [7, 11) is 3.75. The van der Waals surface area contributed by atoms with E-state index in [0.717, 1.165) is 0 Å². The minimum atomic E-state index is -1.02. The highest BCUT2D eigenvalue weighted by Gasteiger charge is 2.13. The molecule has 0 spiro atoms. The van der Waals surface area contributed by atoms with Gasteiger partial charge >= 0.3 is 5.97 Å². The van der Waals surface area contributed by atoms with Gasteiger partial charge < -0.3 is 14.4 Å². The van der Waals surface area contributed by atoms with E-state index in [4.69, 9.17) is 9.52 Å². The highest BCUT2D eigenvalue weighted by molar-refractivity contribution is 5.86. The fraction of sp³-hybridized carbons (Fsp3) is 0.375. The number of hydrogen-bond donors (Lipinski definition) is 1. The normalized spacial score (nSPS) is 9.77. The van der Waals surface area contributed by atoms with E-state index < -0.39 is 5.97 Å². The number of carboxylic acids is 1. The van der Waals surface area contributed by atoms with Crippen LogP contribution in [-0.2, 0) is 6.54 Å². The largest absolute Gasteiger partial charge is 0.475 e. The van der Waals surface area contributed by atoms with Crippen molar-refractivity contribution >= 4 is 18.4 Å². The van der Waals surface area contributed by atoms with E-state index in [1.807, 2.05) is 19.0 Å². The molecular formula is C8H12ClNO3. The van der Waals surface area contributed by atoms with Crippen molar-refractivity contribution in [2.45, 2.75) is 6.54 Å². The third kappa shape index (κ3) is 3.08. The van der Waals surface area contributed by atoms with Crippen molar-refractivity contribution in [1.29, 1.82) is 0 Å². The van der Waals surface area contributed by atoms with Gasteiger partial charge in [0.05, 0.1) is 6.26 Å². The third-order valence-electron chi connectivity index (χ3n) is 1.43. The monoisotopic (exact) mass is 205 g/mol. The summed E-state index contributed by atoms with van der Waals surface area (Å²) in [5.74, 6) is -0.986. The molecule has 0 unspecified atom stereocenters. The standard InChI is InChI=1S/C8H11NO3.ClH/c1-9(2)5-6-3-4-12-7(6)8(10)11;/h3-4H,5H2,1-2H3,(H,10,11);1H. The predicted octanol–water partition coefficient (Wildman–Crippen LogP) is 1.46. The number of nitrogens with zero attached hydrogens (tertiary/aromatic N) is 1. The van der Waals surface area contributed by atoms with Gasteiger partial charge in [-0.15, -0.1) is 12.4 Å². The second-order valence-electron chi connectivity index (χ2n) is 2.82. The van der Waals surface area contributed by atoms with Gasteiger partial charge in [-0.3, -0.25) is 0 Å². The summed E-state index contributed by atoms with van der Waals surface area (Å²) >= 11 is 0. The van der Waals surface area contributed by atoms with E-state index in [1.54, 1.807) is 6.07 Å². The average molecular weight is 206 g/mol. The molecule has 0 aliphatic carbocycles. The maximum atomic E-state index is 10.6. The van der Waals surface area contributed by atoms with Crippen LogP contribution in [0.3, 0.4) is 0 Å². The smallest absolute Gasteiger partial charge is 0.372 e. The summed E-state index contributed by atoms with van der Waals surface area (Å²) in [5, 5.41) is 8.66. The molecule has 0 radical (unpaired) electrons. The molecule has 1 N–H and O–H groups in total. The Hall–Kier alpha value is -1.00. The second kappa shape index (κ2) is 4.89. The van der Waals surface area contributed by atoms with Crippen LogP contribution in [0, 0.1) is 0 Å². The Labute approximate surface area is 82.6 Å². The van der Waals surface area contributed by atoms with Crippen LogP contribution in [0.15, 0.2) is 16.7 Å². The Morgan fingerprint density at radius 3 is 2.69 bits per heavy atom. The lowest BCUT2D eigenvalue weighted by Gasteiger charge is -2.07. The fourth-order valence-electron chi connectivity index (χ4n) is 0.989. The first-order valence-electron chi connectivity index (χ1n) is 3.55. The van der Waals surface area contributed by atoms with Gasteiger partial charge in [-0.2, -0.15) is 0 Å². The lowest BCUT2D eigenvalue weighted by molar-refractivity contribution is 0.0660. The Balaban J connectivity index is 0.00000144. The molecule has 0 aliphatic rings. The zero-order valence-corrected chi connectivity index (χ0v) is 8.30. The number of furan rings is 1. The maximum absolute atomic E-state index is 10.6. The van der Waals surface area contributed by atoms with Gasteiger partial charge in [-0.25, -0.2) is 4.79 Å². The minimum absolute atomic E-state index is 0. The van der Waals surface area contributed by atoms with Crippen LogP contribution in [0.4, 0.5) is 0 Å². The lowest BCUT2D eigenvalue weighted by atomic mass is 10.2. The van der Waals surface area contributed by atoms with Crippen molar-refractivity contribution in [1.82, 2.24) is 4.90 Å². The molecule has 0 aliphatic heterocycles. The Morgan fingerprint density at radius 2 is 2.23 bits per heavy atom. The molecule has 1 aromatic heterocycles. The first kappa shape index (κ1) is 12.0. The molecule has 0 aromatic carbocycles. The molecule has 0 saturated heterocycles. The average Bonchev–Trinajstić information content (AvgIpc) is 2.33. The van der Waals surface area contributed by atoms with Crippen molar-refractivity contribution in [2.75, 3.05) is 14.1 Å². The summed E-state index contributed by atoms with van der Waals surface area (Å²) in [5.41, 5.74) is 0.701. The zero-order valence-electron chi connectivity index (χ0n) is 7.48. The van der Waals surface area contributed by atoms with Crippen LogP contribution < -0.4 is 0 Å². The fourth-order valence-corrected chi connectivity index (χ4v) is 0.989. The molecule has 0 atom stereocenters. The topological polar surface area (TPSA) is 53.7 Å². The minimum Gasteiger partial charge on any atom is -0.475 e. The van der Waals surface area contributed by atoms with Gasteiger partial charge in [0.1, 0.15) is 0 Å². The van der Waals surface area contributed by atoms with Crippen LogP contribution in [0.5, 0.6) is 0 Å². The predicted molar refractivity (Wildman–Crippen MR) is 50.3 cm³/mol. The lowest BCUT2D eigenvalue weighted by Crippen LogP contribution is -2.12. The number of carboxylic acid groups (broad SMARTS) is 1. The van der Waals surface area contributed by atoms with Crippen molar-refractivity contribution in [2.24, 2.45) is 0 Å².